The van der Waals surface area contributed by atoms with Gasteiger partial charge < -0.3 is 24.7 Å². The van der Waals surface area contributed by atoms with Crippen molar-refractivity contribution >= 4 is 38.9 Å². The molecule has 204 valence electrons. The molecule has 3 N–H and O–H groups in total. The van der Waals surface area contributed by atoms with E-state index in [0.29, 0.717) is 29.7 Å². The molecular formula is C25H32N6O6S. The number of sulfonamides is 1. The number of aryl methyl sites for hydroxylation is 1. The summed E-state index contributed by atoms with van der Waals surface area (Å²) < 4.78 is 40.1. The normalized spacial score (nSPS) is 18.7. The van der Waals surface area contributed by atoms with Crippen molar-refractivity contribution in [3.8, 4) is 0 Å². The number of nitrogens with one attached hydrogen (secondary N) is 3. The molecule has 0 saturated carbocycles. The molecule has 0 unspecified atom stereocenters. The van der Waals surface area contributed by atoms with E-state index in [9.17, 15) is 18.0 Å². The van der Waals surface area contributed by atoms with Crippen LogP contribution in [0.15, 0.2) is 47.8 Å². The number of H-pyrrole nitrogens is 1. The molecule has 4 rings (SSSR count). The number of ether oxygens (including phenoxy) is 2. The second kappa shape index (κ2) is 11.8. The number of imidazole rings is 1. The molecule has 2 aromatic heterocycles. The average Bonchev–Trinajstić information content (AvgIpc) is 3.39. The summed E-state index contributed by atoms with van der Waals surface area (Å²) in [7, 11) is -4.20. The largest absolute Gasteiger partial charge is 0.510 e. The number of pyridine rings is 1. The summed E-state index contributed by atoms with van der Waals surface area (Å²) in [5.41, 5.74) is 1.19. The first-order valence-corrected chi connectivity index (χ1v) is 13.9. The van der Waals surface area contributed by atoms with Gasteiger partial charge >= 0.3 is 6.16 Å². The summed E-state index contributed by atoms with van der Waals surface area (Å²) >= 11 is 0. The molecule has 0 spiro atoms. The van der Waals surface area contributed by atoms with E-state index in [1.54, 1.807) is 31.5 Å². The van der Waals surface area contributed by atoms with Gasteiger partial charge in [0, 0.05) is 43.5 Å². The molecule has 3 aromatic rings. The van der Waals surface area contributed by atoms with Crippen molar-refractivity contribution < 1.29 is 27.5 Å². The maximum atomic E-state index is 13.8. The number of benzene rings is 1. The molecule has 3 heterocycles. The highest BCUT2D eigenvalue weighted by atomic mass is 32.2. The Morgan fingerprint density at radius 1 is 1.29 bits per heavy atom. The van der Waals surface area contributed by atoms with Gasteiger partial charge in [-0.1, -0.05) is 19.1 Å². The van der Waals surface area contributed by atoms with Crippen molar-refractivity contribution in [1.82, 2.24) is 24.6 Å². The highest BCUT2D eigenvalue weighted by Gasteiger charge is 2.38. The van der Waals surface area contributed by atoms with Crippen molar-refractivity contribution in [3.05, 3.63) is 48.4 Å². The number of carbonyl (C=O) groups excluding carboxylic acids is 2. The van der Waals surface area contributed by atoms with Crippen LogP contribution in [-0.2, 0) is 24.3 Å². The van der Waals surface area contributed by atoms with Gasteiger partial charge in [0.1, 0.15) is 10.9 Å². The Kier molecular flexibility index (Phi) is 8.47. The number of hydrogen-bond acceptors (Lipinski definition) is 9. The lowest BCUT2D eigenvalue weighted by molar-refractivity contribution is -0.150. The fourth-order valence-electron chi connectivity index (χ4n) is 4.37. The molecular weight excluding hydrogens is 512 g/mol. The topological polar surface area (TPSA) is 156 Å². The van der Waals surface area contributed by atoms with E-state index in [4.69, 9.17) is 9.47 Å². The summed E-state index contributed by atoms with van der Waals surface area (Å²) in [6, 6.07) is 5.46. The van der Waals surface area contributed by atoms with E-state index in [1.807, 2.05) is 19.9 Å². The minimum atomic E-state index is -4.20. The highest BCUT2D eigenvalue weighted by Crippen LogP contribution is 2.26. The van der Waals surface area contributed by atoms with Crippen LogP contribution in [0, 0.1) is 12.8 Å². The average molecular weight is 545 g/mol. The maximum absolute atomic E-state index is 13.8. The Morgan fingerprint density at radius 3 is 2.84 bits per heavy atom. The van der Waals surface area contributed by atoms with Crippen LogP contribution >= 0.6 is 0 Å². The Labute approximate surface area is 221 Å². The van der Waals surface area contributed by atoms with Crippen LogP contribution < -0.4 is 10.0 Å². The number of fused-ring (bicyclic) bond motifs is 1. The predicted molar refractivity (Wildman–Crippen MR) is 140 cm³/mol. The zero-order valence-electron chi connectivity index (χ0n) is 21.5. The number of hydrogen-bond donors (Lipinski definition) is 3. The second-order valence-electron chi connectivity index (χ2n) is 9.25. The summed E-state index contributed by atoms with van der Waals surface area (Å²) in [4.78, 5) is 38.5. The number of rotatable bonds is 9. The Balaban J connectivity index is 1.63. The molecule has 0 radical (unpaired) electrons. The third-order valence-electron chi connectivity index (χ3n) is 6.26. The minimum absolute atomic E-state index is 0.0441. The molecule has 0 aliphatic carbocycles. The van der Waals surface area contributed by atoms with Crippen molar-refractivity contribution in [2.24, 2.45) is 5.92 Å². The van der Waals surface area contributed by atoms with E-state index in [2.05, 4.69) is 25.0 Å². The van der Waals surface area contributed by atoms with Gasteiger partial charge in [0.2, 0.25) is 15.9 Å². The molecule has 3 atom stereocenters. The summed E-state index contributed by atoms with van der Waals surface area (Å²) in [6.07, 6.45) is 4.03. The van der Waals surface area contributed by atoms with E-state index >= 15 is 0 Å². The minimum Gasteiger partial charge on any atom is -0.435 e. The van der Waals surface area contributed by atoms with Crippen LogP contribution in [0.3, 0.4) is 0 Å². The SMILES string of the molecule is CCOC(=O)O[C@@H]1C[C@H](C)CCN1C(=O)[C@H](CNc1ncc[nH]1)NS(=O)(=O)c1cccc2cc(C)cnc12. The molecule has 38 heavy (non-hydrogen) atoms. The van der Waals surface area contributed by atoms with Gasteiger partial charge in [0.15, 0.2) is 12.2 Å². The predicted octanol–water partition coefficient (Wildman–Crippen LogP) is 2.78. The second-order valence-corrected chi connectivity index (χ2v) is 10.9. The standard InChI is InChI=1S/C25H32N6O6S/c1-4-36-25(33)37-21-13-16(2)8-11-31(21)23(32)19(15-29-24-26-9-10-27-24)30-38(34,35)20-7-5-6-18-12-17(3)14-28-22(18)20/h5-7,9-10,12,14,16,19,21,30H,4,8,11,13,15H2,1-3H3,(H2,26,27,29)/t16-,19+,21-/m1/s1. The summed E-state index contributed by atoms with van der Waals surface area (Å²) in [5.74, 6) is 0.0221. The monoisotopic (exact) mass is 544 g/mol. The van der Waals surface area contributed by atoms with E-state index in [1.165, 1.54) is 17.2 Å². The number of amides is 1. The number of piperidine rings is 1. The number of likely N-dealkylation sites (tertiary alicyclic amines) is 1. The number of aromatic nitrogens is 3. The first-order chi connectivity index (χ1) is 18.2. The molecule has 1 aliphatic rings. The van der Waals surface area contributed by atoms with Gasteiger partial charge in [-0.3, -0.25) is 9.78 Å². The zero-order valence-corrected chi connectivity index (χ0v) is 22.3. The first kappa shape index (κ1) is 27.3. The third-order valence-corrected chi connectivity index (χ3v) is 7.76. The molecule has 12 nitrogen and oxygen atoms in total. The molecule has 1 aliphatic heterocycles. The fraction of sp³-hybridized carbons (Fsp3) is 0.440. The van der Waals surface area contributed by atoms with Crippen molar-refractivity contribution in [2.45, 2.75) is 50.8 Å². The van der Waals surface area contributed by atoms with Crippen molar-refractivity contribution in [3.63, 3.8) is 0 Å². The lowest BCUT2D eigenvalue weighted by Gasteiger charge is -2.39. The Morgan fingerprint density at radius 2 is 2.11 bits per heavy atom. The van der Waals surface area contributed by atoms with Crippen LogP contribution in [0.25, 0.3) is 10.9 Å². The lowest BCUT2D eigenvalue weighted by Crippen LogP contribution is -2.57. The van der Waals surface area contributed by atoms with Crippen LogP contribution in [0.4, 0.5) is 10.7 Å². The molecule has 1 saturated heterocycles. The number of aromatic amines is 1. The van der Waals surface area contributed by atoms with Gasteiger partial charge in [-0.25, -0.2) is 18.2 Å². The van der Waals surface area contributed by atoms with Gasteiger partial charge in [-0.2, -0.15) is 4.72 Å². The maximum Gasteiger partial charge on any atom is 0.510 e. The van der Waals surface area contributed by atoms with Gasteiger partial charge in [0.05, 0.1) is 12.1 Å². The van der Waals surface area contributed by atoms with Gasteiger partial charge in [0.25, 0.3) is 0 Å². The van der Waals surface area contributed by atoms with E-state index in [-0.39, 0.29) is 30.5 Å². The molecule has 0 bridgehead atoms. The van der Waals surface area contributed by atoms with Crippen LogP contribution in [0.2, 0.25) is 0 Å². The highest BCUT2D eigenvalue weighted by molar-refractivity contribution is 7.89. The van der Waals surface area contributed by atoms with E-state index in [0.717, 1.165) is 5.56 Å². The zero-order chi connectivity index (χ0) is 27.3. The van der Waals surface area contributed by atoms with Crippen molar-refractivity contribution in [1.29, 1.82) is 0 Å². The van der Waals surface area contributed by atoms with Crippen LogP contribution in [-0.4, -0.2) is 72.3 Å². The molecule has 1 aromatic carbocycles. The first-order valence-electron chi connectivity index (χ1n) is 12.4. The van der Waals surface area contributed by atoms with Crippen molar-refractivity contribution in [2.75, 3.05) is 25.0 Å². The fourth-order valence-corrected chi connectivity index (χ4v) is 5.74. The van der Waals surface area contributed by atoms with E-state index < -0.39 is 34.4 Å². The van der Waals surface area contributed by atoms with Crippen LogP contribution in [0.1, 0.15) is 32.3 Å². The van der Waals surface area contributed by atoms with Crippen LogP contribution in [0.5, 0.6) is 0 Å². The number of carbonyl (C=O) groups is 2. The Hall–Kier alpha value is -3.71. The number of anilines is 1. The van der Waals surface area contributed by atoms with Gasteiger partial charge in [-0.05, 0) is 43.9 Å². The summed E-state index contributed by atoms with van der Waals surface area (Å²) in [5, 5.41) is 3.62. The Bertz CT molecular complexity index is 1380. The molecule has 1 fully saturated rings. The van der Waals surface area contributed by atoms with Gasteiger partial charge in [-0.15, -0.1) is 0 Å². The quantitative estimate of drug-likeness (QED) is 0.345. The smallest absolute Gasteiger partial charge is 0.435 e. The lowest BCUT2D eigenvalue weighted by atomic mass is 9.97. The molecule has 13 heteroatoms. The number of nitrogens with zero attached hydrogens (tertiary/aromatic N) is 3. The summed E-state index contributed by atoms with van der Waals surface area (Å²) in [6.45, 7) is 5.83. The third kappa shape index (κ3) is 6.40. The number of para-hydroxylation sites is 1. The molecule has 1 amide bonds.